The molecule has 3 aromatic carbocycles. The van der Waals surface area contributed by atoms with Crippen LogP contribution in [-0.4, -0.2) is 22.1 Å². The molecule has 1 heterocycles. The standard InChI is InChI=1S/C23H15ClF3N5O/c24-15-9-16(25)11-17(10-15)28-23(30-22(33)14-6-7-18(26)19(27)8-14)29-21-12-20(31-32-21)13-4-2-1-3-5-13/h1-12H,(H3,28,29,30,31,32,33). The first-order chi connectivity index (χ1) is 15.9. The quantitative estimate of drug-likeness (QED) is 0.258. The normalized spacial score (nSPS) is 11.3. The maximum absolute atomic E-state index is 13.8. The number of guanidine groups is 1. The third kappa shape index (κ3) is 5.58. The van der Waals surface area contributed by atoms with Gasteiger partial charge < -0.3 is 10.6 Å². The van der Waals surface area contributed by atoms with Crippen LogP contribution in [0.1, 0.15) is 10.4 Å². The first-order valence-electron chi connectivity index (χ1n) is 9.56. The smallest absolute Gasteiger partial charge is 0.280 e. The van der Waals surface area contributed by atoms with Gasteiger partial charge in [-0.15, -0.1) is 0 Å². The predicted molar refractivity (Wildman–Crippen MR) is 121 cm³/mol. The fourth-order valence-electron chi connectivity index (χ4n) is 2.92. The Balaban J connectivity index is 1.65. The summed E-state index contributed by atoms with van der Waals surface area (Å²) in [5, 5.41) is 12.7. The number of carbonyl (C=O) groups excluding carboxylic acids is 1. The Morgan fingerprint density at radius 2 is 1.70 bits per heavy atom. The van der Waals surface area contributed by atoms with Gasteiger partial charge in [-0.3, -0.25) is 9.89 Å². The highest BCUT2D eigenvalue weighted by atomic mass is 35.5. The highest BCUT2D eigenvalue weighted by Crippen LogP contribution is 2.21. The van der Waals surface area contributed by atoms with Crippen LogP contribution in [0.2, 0.25) is 5.02 Å². The van der Waals surface area contributed by atoms with E-state index in [-0.39, 0.29) is 22.2 Å². The van der Waals surface area contributed by atoms with Crippen molar-refractivity contribution in [3.63, 3.8) is 0 Å². The van der Waals surface area contributed by atoms with Crippen LogP contribution < -0.4 is 10.6 Å². The number of amides is 1. The summed E-state index contributed by atoms with van der Waals surface area (Å²) in [6.45, 7) is 0. The summed E-state index contributed by atoms with van der Waals surface area (Å²) in [5.41, 5.74) is 1.58. The highest BCUT2D eigenvalue weighted by Gasteiger charge is 2.13. The summed E-state index contributed by atoms with van der Waals surface area (Å²) in [7, 11) is 0. The van der Waals surface area contributed by atoms with Crippen LogP contribution in [0.25, 0.3) is 11.3 Å². The number of anilines is 2. The van der Waals surface area contributed by atoms with Gasteiger partial charge in [0.15, 0.2) is 17.5 Å². The monoisotopic (exact) mass is 469 g/mol. The molecule has 0 aliphatic heterocycles. The number of nitrogens with zero attached hydrogens (tertiary/aromatic N) is 2. The van der Waals surface area contributed by atoms with Gasteiger partial charge in [-0.2, -0.15) is 10.1 Å². The van der Waals surface area contributed by atoms with E-state index < -0.39 is 23.4 Å². The molecule has 0 bridgehead atoms. The lowest BCUT2D eigenvalue weighted by Gasteiger charge is -2.11. The number of halogens is 4. The summed E-state index contributed by atoms with van der Waals surface area (Å²) in [5.74, 6) is -3.60. The molecule has 0 radical (unpaired) electrons. The third-order valence-corrected chi connectivity index (χ3v) is 4.63. The first kappa shape index (κ1) is 22.1. The molecule has 1 aromatic heterocycles. The number of hydrogen-bond donors (Lipinski definition) is 3. The second kappa shape index (κ2) is 9.58. The van der Waals surface area contributed by atoms with Crippen molar-refractivity contribution in [1.82, 2.24) is 10.2 Å². The maximum atomic E-state index is 13.8. The van der Waals surface area contributed by atoms with Crippen LogP contribution >= 0.6 is 11.6 Å². The van der Waals surface area contributed by atoms with Crippen molar-refractivity contribution in [2.45, 2.75) is 0 Å². The van der Waals surface area contributed by atoms with E-state index in [1.165, 1.54) is 6.07 Å². The van der Waals surface area contributed by atoms with Crippen LogP contribution in [0.4, 0.5) is 24.7 Å². The van der Waals surface area contributed by atoms with Crippen LogP contribution in [-0.2, 0) is 0 Å². The average Bonchev–Trinajstić information content (AvgIpc) is 3.24. The molecule has 6 nitrogen and oxygen atoms in total. The van der Waals surface area contributed by atoms with Gasteiger partial charge in [0.05, 0.1) is 5.69 Å². The van der Waals surface area contributed by atoms with E-state index in [9.17, 15) is 18.0 Å². The molecule has 0 saturated carbocycles. The van der Waals surface area contributed by atoms with E-state index in [4.69, 9.17) is 11.6 Å². The van der Waals surface area contributed by atoms with E-state index in [1.54, 1.807) is 6.07 Å². The van der Waals surface area contributed by atoms with Gasteiger partial charge in [0.1, 0.15) is 5.82 Å². The Labute approximate surface area is 191 Å². The fourth-order valence-corrected chi connectivity index (χ4v) is 3.14. The van der Waals surface area contributed by atoms with Gasteiger partial charge in [-0.05, 0) is 42.0 Å². The molecule has 3 N–H and O–H groups in total. The SMILES string of the molecule is O=C(/N=C(/Nc1cc(F)cc(Cl)c1)Nc1cc(-c2ccccc2)[nH]n1)c1ccc(F)c(F)c1. The molecular formula is C23H15ClF3N5O. The molecule has 0 unspecified atom stereocenters. The zero-order valence-electron chi connectivity index (χ0n) is 16.7. The minimum atomic E-state index is -1.18. The lowest BCUT2D eigenvalue weighted by Crippen LogP contribution is -2.24. The van der Waals surface area contributed by atoms with Crippen LogP contribution in [0.5, 0.6) is 0 Å². The van der Waals surface area contributed by atoms with E-state index in [1.807, 2.05) is 30.3 Å². The lowest BCUT2D eigenvalue weighted by atomic mass is 10.2. The number of carbonyl (C=O) groups is 1. The number of nitrogens with one attached hydrogen (secondary N) is 3. The molecule has 33 heavy (non-hydrogen) atoms. The molecule has 1 amide bonds. The molecule has 166 valence electrons. The van der Waals surface area contributed by atoms with Crippen molar-refractivity contribution in [2.24, 2.45) is 4.99 Å². The van der Waals surface area contributed by atoms with Gasteiger partial charge >= 0.3 is 0 Å². The van der Waals surface area contributed by atoms with Crippen molar-refractivity contribution < 1.29 is 18.0 Å². The number of H-pyrrole nitrogens is 1. The van der Waals surface area contributed by atoms with E-state index >= 15 is 0 Å². The molecular weight excluding hydrogens is 455 g/mol. The second-order valence-corrected chi connectivity index (χ2v) is 7.27. The Hall–Kier alpha value is -4.11. The summed E-state index contributed by atoms with van der Waals surface area (Å²) in [4.78, 5) is 16.5. The number of rotatable bonds is 4. The van der Waals surface area contributed by atoms with Crippen LogP contribution in [0.15, 0.2) is 77.8 Å². The van der Waals surface area contributed by atoms with Crippen molar-refractivity contribution in [3.8, 4) is 11.3 Å². The maximum Gasteiger partial charge on any atom is 0.280 e. The van der Waals surface area contributed by atoms with E-state index in [0.29, 0.717) is 11.5 Å². The van der Waals surface area contributed by atoms with Gasteiger partial charge in [-0.25, -0.2) is 13.2 Å². The van der Waals surface area contributed by atoms with Crippen molar-refractivity contribution in [3.05, 3.63) is 101 Å². The molecule has 0 spiro atoms. The van der Waals surface area contributed by atoms with Gasteiger partial charge in [0.2, 0.25) is 5.96 Å². The molecule has 4 rings (SSSR count). The van der Waals surface area contributed by atoms with Crippen LogP contribution in [0, 0.1) is 17.5 Å². The van der Waals surface area contributed by atoms with Gasteiger partial charge in [0.25, 0.3) is 5.91 Å². The Kier molecular flexibility index (Phi) is 6.41. The van der Waals surface area contributed by atoms with Crippen LogP contribution in [0.3, 0.4) is 0 Å². The largest absolute Gasteiger partial charge is 0.325 e. The summed E-state index contributed by atoms with van der Waals surface area (Å²) >= 11 is 5.90. The Morgan fingerprint density at radius 1 is 0.909 bits per heavy atom. The third-order valence-electron chi connectivity index (χ3n) is 4.41. The molecule has 0 aliphatic carbocycles. The molecule has 0 saturated heterocycles. The average molecular weight is 470 g/mol. The van der Waals surface area contributed by atoms with Crippen molar-refractivity contribution in [1.29, 1.82) is 0 Å². The Morgan fingerprint density at radius 3 is 2.42 bits per heavy atom. The zero-order valence-corrected chi connectivity index (χ0v) is 17.5. The second-order valence-electron chi connectivity index (χ2n) is 6.84. The first-order valence-corrected chi connectivity index (χ1v) is 9.94. The minimum Gasteiger partial charge on any atom is -0.325 e. The number of aromatic nitrogens is 2. The number of hydrogen-bond acceptors (Lipinski definition) is 2. The minimum absolute atomic E-state index is 0.120. The van der Waals surface area contributed by atoms with Gasteiger partial charge in [-0.1, -0.05) is 41.9 Å². The van der Waals surface area contributed by atoms with Crippen molar-refractivity contribution >= 4 is 35.0 Å². The molecule has 0 fully saturated rings. The summed E-state index contributed by atoms with van der Waals surface area (Å²) in [6.07, 6.45) is 0. The summed E-state index contributed by atoms with van der Waals surface area (Å²) in [6, 6.07) is 17.4. The molecule has 0 aliphatic rings. The number of aliphatic imine (C=N–C) groups is 1. The fraction of sp³-hybridized carbons (Fsp3) is 0. The van der Waals surface area contributed by atoms with Gasteiger partial charge in [0, 0.05) is 22.3 Å². The topological polar surface area (TPSA) is 82.2 Å². The number of aromatic amines is 1. The lowest BCUT2D eigenvalue weighted by molar-refractivity contribution is 0.100. The predicted octanol–water partition coefficient (Wildman–Crippen LogP) is 5.87. The summed E-state index contributed by atoms with van der Waals surface area (Å²) < 4.78 is 40.5. The van der Waals surface area contributed by atoms with E-state index in [2.05, 4.69) is 25.8 Å². The number of benzene rings is 3. The molecule has 4 aromatic rings. The van der Waals surface area contributed by atoms with Crippen molar-refractivity contribution in [2.75, 3.05) is 10.6 Å². The highest BCUT2D eigenvalue weighted by molar-refractivity contribution is 6.31. The van der Waals surface area contributed by atoms with E-state index in [0.717, 1.165) is 35.9 Å². The molecule has 10 heteroatoms. The Bertz CT molecular complexity index is 1320. The zero-order chi connectivity index (χ0) is 23.4. The molecule has 0 atom stereocenters.